The van der Waals surface area contributed by atoms with Crippen molar-refractivity contribution in [2.24, 2.45) is 0 Å². The summed E-state index contributed by atoms with van der Waals surface area (Å²) in [7, 11) is 0. The molecule has 1 amide bonds. The van der Waals surface area contributed by atoms with Gasteiger partial charge in [-0.25, -0.2) is 4.79 Å². The maximum absolute atomic E-state index is 11.8. The summed E-state index contributed by atoms with van der Waals surface area (Å²) in [5.74, 6) is 0.523. The molecule has 3 atom stereocenters. The van der Waals surface area contributed by atoms with Crippen LogP contribution in [-0.2, 0) is 9.47 Å². The first-order valence-corrected chi connectivity index (χ1v) is 7.98. The van der Waals surface area contributed by atoms with Gasteiger partial charge in [-0.1, -0.05) is 12.1 Å². The lowest BCUT2D eigenvalue weighted by molar-refractivity contribution is -0.0380. The summed E-state index contributed by atoms with van der Waals surface area (Å²) < 4.78 is 11.0. The Morgan fingerprint density at radius 2 is 1.68 bits per heavy atom. The van der Waals surface area contributed by atoms with Gasteiger partial charge in [-0.15, -0.1) is 0 Å². The summed E-state index contributed by atoms with van der Waals surface area (Å²) in [6.07, 6.45) is 2.27. The zero-order valence-electron chi connectivity index (χ0n) is 14.2. The normalized spacial score (nSPS) is 25.6. The van der Waals surface area contributed by atoms with E-state index in [1.165, 1.54) is 5.56 Å². The zero-order chi connectivity index (χ0) is 16.3. The van der Waals surface area contributed by atoms with Gasteiger partial charge in [0.25, 0.3) is 0 Å². The minimum atomic E-state index is -0.488. The first kappa shape index (κ1) is 16.8. The fourth-order valence-electron chi connectivity index (χ4n) is 2.94. The van der Waals surface area contributed by atoms with Crippen LogP contribution in [0.1, 0.15) is 58.9 Å². The lowest BCUT2D eigenvalue weighted by atomic mass is 9.86. The van der Waals surface area contributed by atoms with Crippen molar-refractivity contribution in [3.8, 4) is 0 Å². The van der Waals surface area contributed by atoms with Gasteiger partial charge >= 0.3 is 6.09 Å². The summed E-state index contributed by atoms with van der Waals surface area (Å²) in [5.41, 5.74) is 1.57. The zero-order valence-corrected chi connectivity index (χ0v) is 14.2. The molecule has 1 fully saturated rings. The van der Waals surface area contributed by atoms with Gasteiger partial charge in [0, 0.05) is 5.69 Å². The minimum Gasteiger partial charge on any atom is -0.444 e. The van der Waals surface area contributed by atoms with Crippen LogP contribution in [-0.4, -0.2) is 23.9 Å². The molecule has 22 heavy (non-hydrogen) atoms. The molecule has 2 rings (SSSR count). The van der Waals surface area contributed by atoms with Crippen LogP contribution in [0.25, 0.3) is 0 Å². The smallest absolute Gasteiger partial charge is 0.412 e. The van der Waals surface area contributed by atoms with Crippen LogP contribution in [0.4, 0.5) is 10.5 Å². The van der Waals surface area contributed by atoms with Gasteiger partial charge in [0.05, 0.1) is 12.2 Å². The second kappa shape index (κ2) is 6.69. The molecule has 1 heterocycles. The molecule has 1 aromatic carbocycles. The van der Waals surface area contributed by atoms with E-state index in [0.717, 1.165) is 18.5 Å². The maximum atomic E-state index is 11.8. The first-order valence-electron chi connectivity index (χ1n) is 7.98. The summed E-state index contributed by atoms with van der Waals surface area (Å²) >= 11 is 0. The van der Waals surface area contributed by atoms with E-state index in [4.69, 9.17) is 9.47 Å². The number of hydrogen-bond donors (Lipinski definition) is 1. The second-order valence-corrected chi connectivity index (χ2v) is 7.17. The Bertz CT molecular complexity index is 494. The van der Waals surface area contributed by atoms with Gasteiger partial charge in [-0.2, -0.15) is 0 Å². The molecular formula is C18H27NO3. The van der Waals surface area contributed by atoms with Crippen molar-refractivity contribution in [3.63, 3.8) is 0 Å². The molecule has 0 spiro atoms. The van der Waals surface area contributed by atoms with Crippen LogP contribution in [0.3, 0.4) is 0 Å². The van der Waals surface area contributed by atoms with E-state index in [2.05, 4.69) is 31.3 Å². The van der Waals surface area contributed by atoms with Crippen molar-refractivity contribution in [2.45, 2.75) is 71.2 Å². The number of amides is 1. The highest BCUT2D eigenvalue weighted by Gasteiger charge is 2.25. The largest absolute Gasteiger partial charge is 0.444 e. The molecule has 4 nitrogen and oxygen atoms in total. The molecule has 1 N–H and O–H groups in total. The highest BCUT2D eigenvalue weighted by atomic mass is 16.6. The average molecular weight is 305 g/mol. The van der Waals surface area contributed by atoms with Crippen molar-refractivity contribution >= 4 is 11.8 Å². The molecule has 1 unspecified atom stereocenters. The minimum absolute atomic E-state index is 0.299. The van der Waals surface area contributed by atoms with Gasteiger partial charge in [0.1, 0.15) is 5.60 Å². The Balaban J connectivity index is 1.97. The Morgan fingerprint density at radius 1 is 1.14 bits per heavy atom. The molecule has 1 saturated heterocycles. The van der Waals surface area contributed by atoms with Crippen molar-refractivity contribution in [1.29, 1.82) is 0 Å². The van der Waals surface area contributed by atoms with E-state index in [1.807, 2.05) is 32.9 Å². The highest BCUT2D eigenvalue weighted by molar-refractivity contribution is 5.84. The summed E-state index contributed by atoms with van der Waals surface area (Å²) in [4.78, 5) is 11.8. The molecule has 0 aliphatic carbocycles. The lowest BCUT2D eigenvalue weighted by Gasteiger charge is -2.32. The van der Waals surface area contributed by atoms with Gasteiger partial charge in [-0.05, 0) is 71.1 Å². The molecular weight excluding hydrogens is 278 g/mol. The number of ether oxygens (including phenoxy) is 2. The van der Waals surface area contributed by atoms with E-state index in [9.17, 15) is 4.79 Å². The number of hydrogen-bond acceptors (Lipinski definition) is 3. The average Bonchev–Trinajstić information content (AvgIpc) is 2.36. The Morgan fingerprint density at radius 3 is 2.18 bits per heavy atom. The van der Waals surface area contributed by atoms with Crippen LogP contribution in [0.5, 0.6) is 0 Å². The summed E-state index contributed by atoms with van der Waals surface area (Å²) in [6.45, 7) is 9.80. The topological polar surface area (TPSA) is 47.6 Å². The predicted octanol–water partition coefficient (Wildman–Crippen LogP) is 4.70. The molecule has 1 aliphatic heterocycles. The van der Waals surface area contributed by atoms with E-state index in [1.54, 1.807) is 0 Å². The number of carbonyl (C=O) groups is 1. The first-order chi connectivity index (χ1) is 10.2. The van der Waals surface area contributed by atoms with E-state index < -0.39 is 11.7 Å². The lowest BCUT2D eigenvalue weighted by Crippen LogP contribution is -2.28. The number of nitrogens with one attached hydrogen (secondary N) is 1. The molecule has 1 aromatic rings. The fraction of sp³-hybridized carbons (Fsp3) is 0.611. The standard InChI is InChI=1S/C18H27NO3/c1-12-10-15(11-13(2)21-12)14-6-8-16(9-7-14)19-17(20)22-18(3,4)5/h6-9,12-13,15H,10-11H2,1-5H3,(H,19,20)/t12-,13+,15?. The number of benzene rings is 1. The SMILES string of the molecule is C[C@@H]1CC(c2ccc(NC(=O)OC(C)(C)C)cc2)C[C@H](C)O1. The monoisotopic (exact) mass is 305 g/mol. The summed E-state index contributed by atoms with van der Waals surface area (Å²) in [6, 6.07) is 8.04. The molecule has 0 saturated carbocycles. The molecule has 0 bridgehead atoms. The molecule has 0 aromatic heterocycles. The van der Waals surface area contributed by atoms with Gasteiger partial charge in [-0.3, -0.25) is 5.32 Å². The van der Waals surface area contributed by atoms with E-state index >= 15 is 0 Å². The molecule has 4 heteroatoms. The van der Waals surface area contributed by atoms with Gasteiger partial charge in [0.2, 0.25) is 0 Å². The number of carbonyl (C=O) groups excluding carboxylic acids is 1. The van der Waals surface area contributed by atoms with E-state index in [-0.39, 0.29) is 0 Å². The van der Waals surface area contributed by atoms with Crippen LogP contribution >= 0.6 is 0 Å². The Hall–Kier alpha value is -1.55. The van der Waals surface area contributed by atoms with Crippen LogP contribution in [0.15, 0.2) is 24.3 Å². The van der Waals surface area contributed by atoms with Crippen molar-refractivity contribution < 1.29 is 14.3 Å². The third-order valence-electron chi connectivity index (χ3n) is 3.72. The third-order valence-corrected chi connectivity index (χ3v) is 3.72. The van der Waals surface area contributed by atoms with E-state index in [0.29, 0.717) is 18.1 Å². The van der Waals surface area contributed by atoms with Crippen LogP contribution in [0, 0.1) is 0 Å². The van der Waals surface area contributed by atoms with Crippen molar-refractivity contribution in [1.82, 2.24) is 0 Å². The van der Waals surface area contributed by atoms with Gasteiger partial charge < -0.3 is 9.47 Å². The Labute approximate surface area is 133 Å². The third kappa shape index (κ3) is 5.02. The highest BCUT2D eigenvalue weighted by Crippen LogP contribution is 2.33. The van der Waals surface area contributed by atoms with Gasteiger partial charge in [0.15, 0.2) is 0 Å². The molecule has 122 valence electrons. The Kier molecular flexibility index (Phi) is 5.12. The molecule has 1 aliphatic rings. The van der Waals surface area contributed by atoms with Crippen molar-refractivity contribution in [3.05, 3.63) is 29.8 Å². The maximum Gasteiger partial charge on any atom is 0.412 e. The number of anilines is 1. The summed E-state index contributed by atoms with van der Waals surface area (Å²) in [5, 5.41) is 2.76. The second-order valence-electron chi connectivity index (χ2n) is 7.17. The quantitative estimate of drug-likeness (QED) is 0.861. The number of rotatable bonds is 2. The van der Waals surface area contributed by atoms with Crippen molar-refractivity contribution in [2.75, 3.05) is 5.32 Å². The molecule has 0 radical (unpaired) electrons. The fourth-order valence-corrected chi connectivity index (χ4v) is 2.94. The predicted molar refractivity (Wildman–Crippen MR) is 88.3 cm³/mol. The van der Waals surface area contributed by atoms with Crippen LogP contribution < -0.4 is 5.32 Å². The van der Waals surface area contributed by atoms with Crippen LogP contribution in [0.2, 0.25) is 0 Å².